The van der Waals surface area contributed by atoms with Crippen molar-refractivity contribution in [3.05, 3.63) is 82.1 Å². The molecule has 2 aromatic carbocycles. The number of amides is 1. The van der Waals surface area contributed by atoms with E-state index in [4.69, 9.17) is 10.00 Å². The zero-order chi connectivity index (χ0) is 31.8. The van der Waals surface area contributed by atoms with E-state index in [0.29, 0.717) is 62.0 Å². The molecule has 4 aliphatic rings. The molecule has 0 bridgehead atoms. The Morgan fingerprint density at radius 1 is 1.07 bits per heavy atom. The van der Waals surface area contributed by atoms with Crippen LogP contribution < -0.4 is 5.32 Å². The second kappa shape index (κ2) is 12.6. The number of ketones is 1. The monoisotopic (exact) mass is 607 g/mol. The molecule has 6 rings (SSSR count). The molecule has 1 amide bonds. The molecule has 0 spiro atoms. The Bertz CT molecular complexity index is 1560. The molecule has 1 saturated heterocycles. The number of allylic oxidation sites excluding steroid dienone is 2. The highest BCUT2D eigenvalue weighted by molar-refractivity contribution is 5.95. The summed E-state index contributed by atoms with van der Waals surface area (Å²) in [5.41, 5.74) is 4.67. The van der Waals surface area contributed by atoms with Crippen LogP contribution >= 0.6 is 0 Å². The van der Waals surface area contributed by atoms with Crippen LogP contribution in [0.1, 0.15) is 76.3 Å². The lowest BCUT2D eigenvalue weighted by Gasteiger charge is -2.61. The van der Waals surface area contributed by atoms with E-state index >= 15 is 0 Å². The number of fused-ring (bicyclic) bond motifs is 1. The molecular weight excluding hydrogens is 562 g/mol. The molecule has 0 aromatic heterocycles. The molecule has 3 aliphatic carbocycles. The molecule has 3 fully saturated rings. The third kappa shape index (κ3) is 5.87. The van der Waals surface area contributed by atoms with Crippen LogP contribution in [0.2, 0.25) is 0 Å². The summed E-state index contributed by atoms with van der Waals surface area (Å²) in [5.74, 6) is 1.31. The van der Waals surface area contributed by atoms with E-state index in [1.807, 2.05) is 24.3 Å². The number of hydrogen-bond donors (Lipinski definition) is 2. The maximum absolute atomic E-state index is 13.7. The van der Waals surface area contributed by atoms with Crippen LogP contribution in [-0.4, -0.2) is 60.1 Å². The molecular formula is C38H45N3O4. The number of piperidine rings is 1. The van der Waals surface area contributed by atoms with Crippen molar-refractivity contribution in [2.75, 3.05) is 26.7 Å². The second-order valence-electron chi connectivity index (χ2n) is 13.6. The van der Waals surface area contributed by atoms with E-state index in [9.17, 15) is 14.7 Å². The summed E-state index contributed by atoms with van der Waals surface area (Å²) in [7, 11) is 1.61. The van der Waals surface area contributed by atoms with Gasteiger partial charge < -0.3 is 15.2 Å². The van der Waals surface area contributed by atoms with E-state index in [1.54, 1.807) is 7.11 Å². The van der Waals surface area contributed by atoms with Crippen molar-refractivity contribution < 1.29 is 19.4 Å². The maximum Gasteiger partial charge on any atom is 0.250 e. The Balaban J connectivity index is 1.19. The lowest BCUT2D eigenvalue weighted by molar-refractivity contribution is -0.180. The first-order valence-electron chi connectivity index (χ1n) is 16.5. The van der Waals surface area contributed by atoms with E-state index in [0.717, 1.165) is 46.8 Å². The van der Waals surface area contributed by atoms with Crippen LogP contribution in [0, 0.1) is 22.7 Å². The first-order valence-corrected chi connectivity index (χ1v) is 16.5. The molecule has 45 heavy (non-hydrogen) atoms. The second-order valence-corrected chi connectivity index (χ2v) is 13.6. The minimum atomic E-state index is -1.07. The number of rotatable bonds is 9. The van der Waals surface area contributed by atoms with Gasteiger partial charge in [-0.05, 0) is 100 Å². The van der Waals surface area contributed by atoms with Crippen molar-refractivity contribution in [3.8, 4) is 17.2 Å². The van der Waals surface area contributed by atoms with Gasteiger partial charge in [-0.1, -0.05) is 42.0 Å². The van der Waals surface area contributed by atoms with Gasteiger partial charge in [0.1, 0.15) is 11.5 Å². The highest BCUT2D eigenvalue weighted by atomic mass is 16.5. The molecule has 2 saturated carbocycles. The van der Waals surface area contributed by atoms with E-state index < -0.39 is 11.0 Å². The molecule has 1 heterocycles. The average molecular weight is 608 g/mol. The minimum Gasteiger partial charge on any atom is -0.496 e. The molecule has 2 N–H and O–H groups in total. The fourth-order valence-corrected chi connectivity index (χ4v) is 8.19. The van der Waals surface area contributed by atoms with Crippen molar-refractivity contribution in [2.24, 2.45) is 11.3 Å². The molecule has 1 aliphatic heterocycles. The maximum atomic E-state index is 13.7. The molecule has 7 nitrogen and oxygen atoms in total. The predicted molar refractivity (Wildman–Crippen MR) is 174 cm³/mol. The number of nitriles is 1. The van der Waals surface area contributed by atoms with Crippen molar-refractivity contribution in [1.29, 1.82) is 5.26 Å². The lowest BCUT2D eigenvalue weighted by atomic mass is 9.51. The van der Waals surface area contributed by atoms with Crippen molar-refractivity contribution in [3.63, 3.8) is 0 Å². The van der Waals surface area contributed by atoms with Gasteiger partial charge in [-0.15, -0.1) is 0 Å². The first kappa shape index (κ1) is 31.3. The summed E-state index contributed by atoms with van der Waals surface area (Å²) in [6.07, 6.45) is 6.26. The predicted octanol–water partition coefficient (Wildman–Crippen LogP) is 5.87. The van der Waals surface area contributed by atoms with Crippen LogP contribution in [0.15, 0.2) is 71.0 Å². The summed E-state index contributed by atoms with van der Waals surface area (Å²) in [6.45, 7) is 6.52. The van der Waals surface area contributed by atoms with E-state index in [2.05, 4.69) is 54.4 Å². The van der Waals surface area contributed by atoms with Gasteiger partial charge in [-0.2, -0.15) is 5.26 Å². The van der Waals surface area contributed by atoms with Gasteiger partial charge in [0, 0.05) is 43.0 Å². The van der Waals surface area contributed by atoms with Crippen LogP contribution in [-0.2, 0) is 20.7 Å². The topological polar surface area (TPSA) is 103 Å². The van der Waals surface area contributed by atoms with E-state index in [1.165, 1.54) is 12.8 Å². The van der Waals surface area contributed by atoms with Crippen molar-refractivity contribution in [2.45, 2.75) is 83.3 Å². The Morgan fingerprint density at radius 2 is 1.76 bits per heavy atom. The number of ether oxygens (including phenoxy) is 1. The third-order valence-corrected chi connectivity index (χ3v) is 11.0. The Morgan fingerprint density at radius 3 is 2.40 bits per heavy atom. The van der Waals surface area contributed by atoms with Crippen molar-refractivity contribution >= 4 is 11.7 Å². The number of Topliss-reactive ketones (excluding diaryl/α,β-unsaturated/α-hetero) is 1. The normalized spacial score (nSPS) is 27.2. The third-order valence-electron chi connectivity index (χ3n) is 11.0. The first-order chi connectivity index (χ1) is 21.7. The van der Waals surface area contributed by atoms with Gasteiger partial charge in [-0.25, -0.2) is 0 Å². The van der Waals surface area contributed by atoms with Crippen LogP contribution in [0.5, 0.6) is 0 Å². The quantitative estimate of drug-likeness (QED) is 0.370. The fourth-order valence-electron chi connectivity index (χ4n) is 8.19. The molecule has 3 atom stereocenters. The minimum absolute atomic E-state index is 0.0825. The number of aliphatic hydroxyl groups is 1. The number of nitrogens with one attached hydrogen (secondary N) is 1. The number of carbonyl (C=O) groups excluding carboxylic acids is 2. The van der Waals surface area contributed by atoms with Gasteiger partial charge in [0.25, 0.3) is 5.91 Å². The number of likely N-dealkylation sites (tertiary alicyclic amines) is 1. The Hall–Kier alpha value is -3.73. The summed E-state index contributed by atoms with van der Waals surface area (Å²) < 4.78 is 6.06. The number of carbonyl (C=O) groups is 2. The van der Waals surface area contributed by atoms with Crippen LogP contribution in [0.4, 0.5) is 0 Å². The number of methoxy groups -OCH3 is 1. The lowest BCUT2D eigenvalue weighted by Crippen LogP contribution is -2.68. The smallest absolute Gasteiger partial charge is 0.250 e. The Kier molecular flexibility index (Phi) is 8.74. The molecule has 7 heteroatoms. The summed E-state index contributed by atoms with van der Waals surface area (Å²) >= 11 is 0. The van der Waals surface area contributed by atoms with Crippen LogP contribution in [0.25, 0.3) is 11.1 Å². The largest absolute Gasteiger partial charge is 0.496 e. The van der Waals surface area contributed by atoms with E-state index in [-0.39, 0.29) is 24.2 Å². The van der Waals surface area contributed by atoms with Gasteiger partial charge in [0.05, 0.1) is 29.9 Å². The highest BCUT2D eigenvalue weighted by Gasteiger charge is 2.63. The molecule has 2 aromatic rings. The summed E-state index contributed by atoms with van der Waals surface area (Å²) in [4.78, 5) is 29.2. The number of hydrogen-bond acceptors (Lipinski definition) is 6. The van der Waals surface area contributed by atoms with Gasteiger partial charge >= 0.3 is 0 Å². The summed E-state index contributed by atoms with van der Waals surface area (Å²) in [6, 6.07) is 17.9. The van der Waals surface area contributed by atoms with Gasteiger partial charge in [-0.3, -0.25) is 14.5 Å². The van der Waals surface area contributed by atoms with Gasteiger partial charge in [0.2, 0.25) is 0 Å². The molecule has 236 valence electrons. The average Bonchev–Trinajstić information content (AvgIpc) is 3.88. The standard InChI is InChI=1S/C38H45N3O4/c1-25-4-15-33(36(43)40-20-17-27-7-11-30(12-8-27)31-13-9-28(23-39)10-14-31)35(45-3)34(25)37-19-21-41(24-29-5-6-29)26(2)38(37,44)18-16-32(42)22-37/h7-14,26,29,44H,4-6,15-22,24H2,1-3H3,(H,40,43). The highest BCUT2D eigenvalue weighted by Crippen LogP contribution is 2.59. The van der Waals surface area contributed by atoms with Gasteiger partial charge in [0.15, 0.2) is 0 Å². The Labute approximate surface area is 267 Å². The molecule has 0 radical (unpaired) electrons. The zero-order valence-electron chi connectivity index (χ0n) is 26.8. The number of nitrogens with zero attached hydrogens (tertiary/aromatic N) is 2. The van der Waals surface area contributed by atoms with Crippen molar-refractivity contribution in [1.82, 2.24) is 10.2 Å². The fraction of sp³-hybridized carbons (Fsp3) is 0.500. The molecule has 3 unspecified atom stereocenters. The van der Waals surface area contributed by atoms with Crippen LogP contribution in [0.3, 0.4) is 0 Å². The zero-order valence-corrected chi connectivity index (χ0v) is 26.8. The number of benzene rings is 2. The summed E-state index contributed by atoms with van der Waals surface area (Å²) in [5, 5.41) is 24.8. The SMILES string of the molecule is COC1=C(C(=O)NCCc2ccc(-c3ccc(C#N)cc3)cc2)CCC(C)=C1C12CCN(CC3CC3)C(C)C1(O)CCC(=O)C2.